The first-order valence-electron chi connectivity index (χ1n) is 13.5. The molecule has 36 heavy (non-hydrogen) atoms. The smallest absolute Gasteiger partial charge is 0.258 e. The maximum atomic E-state index is 13.9. The van der Waals surface area contributed by atoms with E-state index in [9.17, 15) is 9.18 Å². The third-order valence-corrected chi connectivity index (χ3v) is 7.54. The lowest BCUT2D eigenvalue weighted by molar-refractivity contribution is 0.0847. The highest BCUT2D eigenvalue weighted by Crippen LogP contribution is 2.41. The Morgan fingerprint density at radius 3 is 2.53 bits per heavy atom. The van der Waals surface area contributed by atoms with Gasteiger partial charge in [-0.15, -0.1) is 0 Å². The normalized spacial score (nSPS) is 15.2. The number of rotatable bonds is 12. The Morgan fingerprint density at radius 1 is 1.08 bits per heavy atom. The molecule has 1 heterocycles. The van der Waals surface area contributed by atoms with Crippen molar-refractivity contribution in [3.63, 3.8) is 0 Å². The maximum Gasteiger partial charge on any atom is 0.258 e. The number of halogens is 1. The van der Waals surface area contributed by atoms with E-state index in [4.69, 9.17) is 4.74 Å². The maximum absolute atomic E-state index is 13.9. The quantitative estimate of drug-likeness (QED) is 0.230. The van der Waals surface area contributed by atoms with Gasteiger partial charge in [-0.05, 0) is 74.8 Å². The number of amides is 1. The highest BCUT2D eigenvalue weighted by molar-refractivity contribution is 7.97. The second-order valence-electron chi connectivity index (χ2n) is 9.10. The van der Waals surface area contributed by atoms with Gasteiger partial charge in [0.15, 0.2) is 11.6 Å². The zero-order valence-corrected chi connectivity index (χ0v) is 23.1. The third-order valence-electron chi connectivity index (χ3n) is 6.52. The van der Waals surface area contributed by atoms with Crippen LogP contribution in [-0.2, 0) is 0 Å². The number of nitrogens with zero attached hydrogens (tertiary/aromatic N) is 1. The largest absolute Gasteiger partial charge is 0.491 e. The molecule has 1 amide bonds. The lowest BCUT2D eigenvalue weighted by Gasteiger charge is -2.26. The van der Waals surface area contributed by atoms with E-state index in [2.05, 4.69) is 17.7 Å². The van der Waals surface area contributed by atoms with E-state index in [1.165, 1.54) is 23.8 Å². The van der Waals surface area contributed by atoms with E-state index in [0.29, 0.717) is 12.4 Å². The predicted octanol–water partition coefficient (Wildman–Crippen LogP) is 8.16. The standard InChI is InChI=1S/C28H35FN2O2S.C2H6/c1-3-17-33-26-19-22(14-15-25(26)29)20(2)30-34-18-8-4-7-16-31-27(21-10-9-11-21)23-12-5-6-13-24(23)28(31)32;1-2/h5-6,12-15,19-20,30H,3-4,7-11,16-18H2,1-2H3;1-2H3/t20-;/m0./s1. The molecular weight excluding hydrogens is 471 g/mol. The minimum absolute atomic E-state index is 0.104. The Labute approximate surface area is 220 Å². The number of carbonyl (C=O) groups excluding carboxylic acids is 1. The van der Waals surface area contributed by atoms with Crippen molar-refractivity contribution in [2.75, 3.05) is 18.9 Å². The number of hydrogen-bond acceptors (Lipinski definition) is 4. The first-order chi connectivity index (χ1) is 17.6. The van der Waals surface area contributed by atoms with Gasteiger partial charge in [0.2, 0.25) is 0 Å². The summed E-state index contributed by atoms with van der Waals surface area (Å²) in [6, 6.07) is 13.2. The second-order valence-corrected chi connectivity index (χ2v) is 10.0. The van der Waals surface area contributed by atoms with E-state index in [-0.39, 0.29) is 17.8 Å². The number of carbonyl (C=O) groups is 1. The van der Waals surface area contributed by atoms with Gasteiger partial charge in [-0.1, -0.05) is 63.4 Å². The van der Waals surface area contributed by atoms with Gasteiger partial charge in [0.25, 0.3) is 5.91 Å². The van der Waals surface area contributed by atoms with Crippen LogP contribution in [0.1, 0.15) is 100 Å². The number of unbranched alkanes of at least 4 members (excludes halogenated alkanes) is 2. The van der Waals surface area contributed by atoms with Crippen LogP contribution in [0.25, 0.3) is 5.70 Å². The van der Waals surface area contributed by atoms with Gasteiger partial charge in [0.05, 0.1) is 12.3 Å². The summed E-state index contributed by atoms with van der Waals surface area (Å²) in [4.78, 5) is 15.0. The molecule has 0 aromatic heterocycles. The first kappa shape index (κ1) is 28.3. The fraction of sp³-hybridized carbons (Fsp3) is 0.500. The zero-order chi connectivity index (χ0) is 25.9. The summed E-state index contributed by atoms with van der Waals surface area (Å²) in [5.41, 5.74) is 5.63. The summed E-state index contributed by atoms with van der Waals surface area (Å²) in [6.45, 7) is 9.40. The van der Waals surface area contributed by atoms with Crippen molar-refractivity contribution in [2.24, 2.45) is 0 Å². The van der Waals surface area contributed by atoms with Gasteiger partial charge in [0.1, 0.15) is 0 Å². The Hall–Kier alpha value is -2.31. The van der Waals surface area contributed by atoms with Crippen molar-refractivity contribution in [1.82, 2.24) is 9.62 Å². The minimum atomic E-state index is -0.312. The lowest BCUT2D eigenvalue weighted by atomic mass is 9.88. The molecule has 6 heteroatoms. The summed E-state index contributed by atoms with van der Waals surface area (Å²) < 4.78 is 22.9. The third kappa shape index (κ3) is 6.92. The van der Waals surface area contributed by atoms with Crippen LogP contribution in [0, 0.1) is 5.82 Å². The number of hydrogen-bond donors (Lipinski definition) is 1. The molecule has 2 aromatic carbocycles. The molecule has 0 unspecified atom stereocenters. The lowest BCUT2D eigenvalue weighted by Crippen LogP contribution is -2.26. The van der Waals surface area contributed by atoms with E-state index in [1.54, 1.807) is 18.0 Å². The average molecular weight is 513 g/mol. The fourth-order valence-electron chi connectivity index (χ4n) is 4.44. The summed E-state index contributed by atoms with van der Waals surface area (Å²) in [5.74, 6) is 1.17. The Balaban J connectivity index is 0.00000176. The molecule has 1 aliphatic heterocycles. The molecule has 0 radical (unpaired) electrons. The molecule has 4 nitrogen and oxygen atoms in total. The van der Waals surface area contributed by atoms with Crippen LogP contribution < -0.4 is 9.46 Å². The molecule has 2 aromatic rings. The molecule has 0 bridgehead atoms. The molecule has 1 aliphatic carbocycles. The number of nitrogens with one attached hydrogen (secondary N) is 1. The molecule has 196 valence electrons. The molecule has 4 rings (SSSR count). The molecule has 1 fully saturated rings. The zero-order valence-electron chi connectivity index (χ0n) is 22.2. The Bertz CT molecular complexity index is 1030. The van der Waals surface area contributed by atoms with Crippen LogP contribution in [0.4, 0.5) is 4.39 Å². The minimum Gasteiger partial charge on any atom is -0.491 e. The van der Waals surface area contributed by atoms with Crippen molar-refractivity contribution >= 4 is 23.6 Å². The first-order valence-corrected chi connectivity index (χ1v) is 14.5. The molecule has 0 spiro atoms. The molecule has 1 saturated carbocycles. The van der Waals surface area contributed by atoms with E-state index in [1.807, 2.05) is 49.9 Å². The van der Waals surface area contributed by atoms with E-state index in [0.717, 1.165) is 67.5 Å². The second kappa shape index (κ2) is 14.4. The molecule has 2 aliphatic rings. The van der Waals surface area contributed by atoms with Crippen molar-refractivity contribution in [3.8, 4) is 5.75 Å². The van der Waals surface area contributed by atoms with Gasteiger partial charge < -0.3 is 9.64 Å². The van der Waals surface area contributed by atoms with E-state index < -0.39 is 0 Å². The predicted molar refractivity (Wildman–Crippen MR) is 150 cm³/mol. The molecular formula is C30H41FN2O2S. The molecule has 1 N–H and O–H groups in total. The summed E-state index contributed by atoms with van der Waals surface area (Å²) in [6.07, 6.45) is 7.49. The van der Waals surface area contributed by atoms with Gasteiger partial charge in [-0.3, -0.25) is 9.52 Å². The van der Waals surface area contributed by atoms with Crippen molar-refractivity contribution in [3.05, 3.63) is 70.5 Å². The van der Waals surface area contributed by atoms with Crippen LogP contribution in [0.15, 0.2) is 48.0 Å². The summed E-state index contributed by atoms with van der Waals surface area (Å²) in [7, 11) is 0. The number of fused-ring (bicyclic) bond motifs is 1. The van der Waals surface area contributed by atoms with Gasteiger partial charge in [-0.2, -0.15) is 0 Å². The van der Waals surface area contributed by atoms with Crippen LogP contribution >= 0.6 is 11.9 Å². The number of ether oxygens (including phenoxy) is 1. The Kier molecular flexibility index (Phi) is 11.3. The number of benzene rings is 2. The highest BCUT2D eigenvalue weighted by atomic mass is 32.2. The van der Waals surface area contributed by atoms with Crippen molar-refractivity contribution < 1.29 is 13.9 Å². The van der Waals surface area contributed by atoms with Crippen LogP contribution in [-0.4, -0.2) is 29.7 Å². The average Bonchev–Trinajstić information content (AvgIpc) is 3.14. The van der Waals surface area contributed by atoms with Gasteiger partial charge >= 0.3 is 0 Å². The van der Waals surface area contributed by atoms with Crippen LogP contribution in [0.3, 0.4) is 0 Å². The summed E-state index contributed by atoms with van der Waals surface area (Å²) >= 11 is 1.70. The molecule has 0 saturated heterocycles. The monoisotopic (exact) mass is 512 g/mol. The van der Waals surface area contributed by atoms with Crippen LogP contribution in [0.5, 0.6) is 5.75 Å². The summed E-state index contributed by atoms with van der Waals surface area (Å²) in [5, 5.41) is 0. The SMILES string of the molecule is CC.CCCOc1cc([C@H](C)NSCCCCCN2C(=O)c3ccccc3C2=C2CCC2)ccc1F. The van der Waals surface area contributed by atoms with Crippen molar-refractivity contribution in [1.29, 1.82) is 0 Å². The van der Waals surface area contributed by atoms with E-state index >= 15 is 0 Å². The number of allylic oxidation sites excluding steroid dienone is 1. The van der Waals surface area contributed by atoms with Gasteiger partial charge in [0, 0.05) is 29.5 Å². The highest BCUT2D eigenvalue weighted by Gasteiger charge is 2.34. The fourth-order valence-corrected chi connectivity index (χ4v) is 5.29. The van der Waals surface area contributed by atoms with Crippen LogP contribution in [0.2, 0.25) is 0 Å². The van der Waals surface area contributed by atoms with Gasteiger partial charge in [-0.25, -0.2) is 4.39 Å². The Morgan fingerprint density at radius 2 is 1.83 bits per heavy atom. The van der Waals surface area contributed by atoms with Crippen molar-refractivity contribution in [2.45, 2.75) is 78.7 Å². The topological polar surface area (TPSA) is 41.6 Å². The molecule has 1 atom stereocenters.